The van der Waals surface area contributed by atoms with Gasteiger partial charge in [0.2, 0.25) is 0 Å². The van der Waals surface area contributed by atoms with Gasteiger partial charge in [-0.2, -0.15) is 0 Å². The van der Waals surface area contributed by atoms with Crippen molar-refractivity contribution in [2.75, 3.05) is 6.61 Å². The zero-order valence-corrected chi connectivity index (χ0v) is 11.4. The van der Waals surface area contributed by atoms with Crippen molar-refractivity contribution in [3.05, 3.63) is 40.4 Å². The fraction of sp³-hybridized carbons (Fsp3) is 0.231. The van der Waals surface area contributed by atoms with Gasteiger partial charge in [0.1, 0.15) is 5.01 Å². The molecular formula is C13H12ClNO2S. The first kappa shape index (κ1) is 13.1. The van der Waals surface area contributed by atoms with Gasteiger partial charge in [0.15, 0.2) is 0 Å². The Kier molecular flexibility index (Phi) is 4.33. The van der Waals surface area contributed by atoms with Crippen molar-refractivity contribution >= 4 is 28.9 Å². The molecule has 0 aliphatic carbocycles. The number of aromatic nitrogens is 1. The number of halogens is 1. The van der Waals surface area contributed by atoms with E-state index in [-0.39, 0.29) is 12.4 Å². The average Bonchev–Trinajstić information content (AvgIpc) is 2.78. The third kappa shape index (κ3) is 3.31. The number of thiazole rings is 1. The zero-order valence-electron chi connectivity index (χ0n) is 9.85. The van der Waals surface area contributed by atoms with Crippen molar-refractivity contribution in [2.24, 2.45) is 0 Å². The summed E-state index contributed by atoms with van der Waals surface area (Å²) in [5.41, 5.74) is 1.000. The number of hydrogen-bond donors (Lipinski definition) is 0. The molecule has 2 rings (SSSR count). The van der Waals surface area contributed by atoms with Gasteiger partial charge in [-0.15, -0.1) is 11.3 Å². The molecule has 1 aromatic carbocycles. The number of nitrogens with zero attached hydrogens (tertiary/aromatic N) is 1. The highest BCUT2D eigenvalue weighted by Crippen LogP contribution is 2.26. The van der Waals surface area contributed by atoms with Gasteiger partial charge in [-0.1, -0.05) is 23.7 Å². The second-order valence-electron chi connectivity index (χ2n) is 3.62. The van der Waals surface area contributed by atoms with Gasteiger partial charge < -0.3 is 4.74 Å². The third-order valence-electron chi connectivity index (χ3n) is 2.27. The molecule has 0 fully saturated rings. The number of benzene rings is 1. The molecule has 0 aliphatic heterocycles. The van der Waals surface area contributed by atoms with E-state index in [0.717, 1.165) is 15.4 Å². The second-order valence-corrected chi connectivity index (χ2v) is 5.17. The van der Waals surface area contributed by atoms with E-state index in [1.54, 1.807) is 13.1 Å². The van der Waals surface area contributed by atoms with Gasteiger partial charge in [-0.05, 0) is 19.1 Å². The van der Waals surface area contributed by atoms with Crippen LogP contribution >= 0.6 is 22.9 Å². The molecule has 0 saturated carbocycles. The molecule has 0 saturated heterocycles. The number of carbonyl (C=O) groups is 1. The van der Waals surface area contributed by atoms with E-state index < -0.39 is 0 Å². The maximum Gasteiger partial charge on any atom is 0.311 e. The molecule has 0 radical (unpaired) electrons. The van der Waals surface area contributed by atoms with Crippen LogP contribution < -0.4 is 0 Å². The Labute approximate surface area is 114 Å². The Balaban J connectivity index is 2.10. The summed E-state index contributed by atoms with van der Waals surface area (Å²) < 4.78 is 4.90. The standard InChI is InChI=1S/C13H12ClNO2S/c1-2-17-12(16)7-11-8-15-13(18-11)9-3-5-10(14)6-4-9/h3-6,8H,2,7H2,1H3. The molecule has 0 unspecified atom stereocenters. The van der Waals surface area contributed by atoms with Crippen molar-refractivity contribution in [2.45, 2.75) is 13.3 Å². The van der Waals surface area contributed by atoms with Crippen LogP contribution in [0.3, 0.4) is 0 Å². The summed E-state index contributed by atoms with van der Waals surface area (Å²) in [4.78, 5) is 16.5. The molecule has 0 aliphatic rings. The van der Waals surface area contributed by atoms with Crippen molar-refractivity contribution in [1.29, 1.82) is 0 Å². The van der Waals surface area contributed by atoms with Crippen molar-refractivity contribution in [1.82, 2.24) is 4.98 Å². The smallest absolute Gasteiger partial charge is 0.311 e. The Bertz CT molecular complexity index is 536. The predicted octanol–water partition coefficient (Wildman–Crippen LogP) is 3.57. The van der Waals surface area contributed by atoms with Gasteiger partial charge in [0, 0.05) is 21.7 Å². The fourth-order valence-corrected chi connectivity index (χ4v) is 2.50. The maximum atomic E-state index is 11.3. The SMILES string of the molecule is CCOC(=O)Cc1cnc(-c2ccc(Cl)cc2)s1. The lowest BCUT2D eigenvalue weighted by Crippen LogP contribution is -2.06. The molecule has 2 aromatic rings. The topological polar surface area (TPSA) is 39.2 Å². The molecule has 1 heterocycles. The lowest BCUT2D eigenvalue weighted by atomic mass is 10.2. The summed E-state index contributed by atoms with van der Waals surface area (Å²) in [5, 5.41) is 1.58. The minimum atomic E-state index is -0.219. The van der Waals surface area contributed by atoms with Crippen molar-refractivity contribution in [3.8, 4) is 10.6 Å². The molecule has 18 heavy (non-hydrogen) atoms. The van der Waals surface area contributed by atoms with Gasteiger partial charge in [0.05, 0.1) is 13.0 Å². The van der Waals surface area contributed by atoms with Crippen LogP contribution in [0.5, 0.6) is 0 Å². The fourth-order valence-electron chi connectivity index (χ4n) is 1.47. The van der Waals surface area contributed by atoms with E-state index in [2.05, 4.69) is 4.98 Å². The highest BCUT2D eigenvalue weighted by molar-refractivity contribution is 7.15. The Hall–Kier alpha value is -1.39. The van der Waals surface area contributed by atoms with Crippen LogP contribution in [0.15, 0.2) is 30.5 Å². The summed E-state index contributed by atoms with van der Waals surface area (Å²) in [7, 11) is 0. The van der Waals surface area contributed by atoms with Crippen LogP contribution in [-0.2, 0) is 16.0 Å². The minimum absolute atomic E-state index is 0.219. The Morgan fingerprint density at radius 3 is 2.78 bits per heavy atom. The van der Waals surface area contributed by atoms with Crippen LogP contribution in [0.1, 0.15) is 11.8 Å². The lowest BCUT2D eigenvalue weighted by molar-refractivity contribution is -0.142. The summed E-state index contributed by atoms with van der Waals surface area (Å²) >= 11 is 7.32. The number of hydrogen-bond acceptors (Lipinski definition) is 4. The van der Waals surface area contributed by atoms with Crippen LogP contribution in [0.25, 0.3) is 10.6 Å². The number of rotatable bonds is 4. The molecule has 1 aromatic heterocycles. The molecule has 0 spiro atoms. The largest absolute Gasteiger partial charge is 0.466 e. The van der Waals surface area contributed by atoms with E-state index in [1.165, 1.54) is 11.3 Å². The van der Waals surface area contributed by atoms with E-state index >= 15 is 0 Å². The molecule has 0 bridgehead atoms. The van der Waals surface area contributed by atoms with Gasteiger partial charge in [0.25, 0.3) is 0 Å². The summed E-state index contributed by atoms with van der Waals surface area (Å²) in [5.74, 6) is -0.219. The first-order valence-electron chi connectivity index (χ1n) is 5.55. The first-order valence-corrected chi connectivity index (χ1v) is 6.74. The molecule has 3 nitrogen and oxygen atoms in total. The van der Waals surface area contributed by atoms with E-state index in [9.17, 15) is 4.79 Å². The van der Waals surface area contributed by atoms with Gasteiger partial charge in [-0.3, -0.25) is 4.79 Å². The van der Waals surface area contributed by atoms with E-state index in [1.807, 2.05) is 24.3 Å². The highest BCUT2D eigenvalue weighted by atomic mass is 35.5. The van der Waals surface area contributed by atoms with Crippen LogP contribution in [0.2, 0.25) is 5.02 Å². The van der Waals surface area contributed by atoms with Crippen molar-refractivity contribution < 1.29 is 9.53 Å². The quantitative estimate of drug-likeness (QED) is 0.804. The molecule has 0 N–H and O–H groups in total. The first-order chi connectivity index (χ1) is 8.69. The average molecular weight is 282 g/mol. The summed E-state index contributed by atoms with van der Waals surface area (Å²) in [6.45, 7) is 2.20. The molecule has 5 heteroatoms. The van der Waals surface area contributed by atoms with Gasteiger partial charge in [-0.25, -0.2) is 4.98 Å². The van der Waals surface area contributed by atoms with Crippen LogP contribution in [0.4, 0.5) is 0 Å². The number of ether oxygens (including phenoxy) is 1. The predicted molar refractivity (Wildman–Crippen MR) is 72.9 cm³/mol. The normalized spacial score (nSPS) is 10.3. The van der Waals surface area contributed by atoms with Crippen LogP contribution in [0, 0.1) is 0 Å². The summed E-state index contributed by atoms with van der Waals surface area (Å²) in [6.07, 6.45) is 1.99. The van der Waals surface area contributed by atoms with E-state index in [0.29, 0.717) is 11.6 Å². The highest BCUT2D eigenvalue weighted by Gasteiger charge is 2.09. The maximum absolute atomic E-state index is 11.3. The van der Waals surface area contributed by atoms with Crippen molar-refractivity contribution in [3.63, 3.8) is 0 Å². The zero-order chi connectivity index (χ0) is 13.0. The minimum Gasteiger partial charge on any atom is -0.466 e. The van der Waals surface area contributed by atoms with E-state index in [4.69, 9.17) is 16.3 Å². The summed E-state index contributed by atoms with van der Waals surface area (Å²) in [6, 6.07) is 7.47. The molecular weight excluding hydrogens is 270 g/mol. The molecule has 0 atom stereocenters. The Morgan fingerprint density at radius 1 is 1.39 bits per heavy atom. The molecule has 94 valence electrons. The molecule has 0 amide bonds. The number of esters is 1. The van der Waals surface area contributed by atoms with Gasteiger partial charge >= 0.3 is 5.97 Å². The van der Waals surface area contributed by atoms with Crippen LogP contribution in [-0.4, -0.2) is 17.6 Å². The number of carbonyl (C=O) groups excluding carboxylic acids is 1. The lowest BCUT2D eigenvalue weighted by Gasteiger charge is -1.98. The monoisotopic (exact) mass is 281 g/mol. The Morgan fingerprint density at radius 2 is 2.11 bits per heavy atom. The third-order valence-corrected chi connectivity index (χ3v) is 3.57. The second kappa shape index (κ2) is 5.98.